The average molecular weight is 229 g/mol. The molecule has 1 aliphatic rings. The highest BCUT2D eigenvalue weighted by Gasteiger charge is 2.25. The number of hydrogen-bond donors (Lipinski definition) is 1. The van der Waals surface area contributed by atoms with Crippen molar-refractivity contribution in [3.63, 3.8) is 0 Å². The second kappa shape index (κ2) is 6.16. The first-order valence-electron chi connectivity index (χ1n) is 5.52. The van der Waals surface area contributed by atoms with E-state index in [1.165, 1.54) is 13.3 Å². The van der Waals surface area contributed by atoms with Crippen molar-refractivity contribution in [3.8, 4) is 0 Å². The van der Waals surface area contributed by atoms with Crippen LogP contribution in [0.5, 0.6) is 0 Å². The third-order valence-corrected chi connectivity index (χ3v) is 3.79. The summed E-state index contributed by atoms with van der Waals surface area (Å²) in [7, 11) is 0. The molecule has 0 radical (unpaired) electrons. The summed E-state index contributed by atoms with van der Waals surface area (Å²) in [6.45, 7) is 3.61. The van der Waals surface area contributed by atoms with E-state index < -0.39 is 0 Å². The highest BCUT2D eigenvalue weighted by atomic mass is 32.2. The van der Waals surface area contributed by atoms with Crippen molar-refractivity contribution in [1.29, 1.82) is 0 Å². The molecule has 0 aliphatic heterocycles. The minimum absolute atomic E-state index is 0.0298. The van der Waals surface area contributed by atoms with Crippen molar-refractivity contribution >= 4 is 23.5 Å². The molecule has 0 aromatic rings. The highest BCUT2D eigenvalue weighted by molar-refractivity contribution is 7.99. The predicted molar refractivity (Wildman–Crippen MR) is 63.0 cm³/mol. The van der Waals surface area contributed by atoms with E-state index in [0.717, 1.165) is 18.6 Å². The molecule has 86 valence electrons. The zero-order valence-corrected chi connectivity index (χ0v) is 10.2. The Morgan fingerprint density at radius 2 is 2.13 bits per heavy atom. The van der Waals surface area contributed by atoms with Crippen LogP contribution in [-0.4, -0.2) is 28.7 Å². The molecular formula is C11H19NO2S. The molecule has 0 saturated heterocycles. The van der Waals surface area contributed by atoms with Crippen LogP contribution >= 0.6 is 11.8 Å². The first-order chi connectivity index (χ1) is 7.11. The van der Waals surface area contributed by atoms with E-state index in [1.54, 1.807) is 0 Å². The topological polar surface area (TPSA) is 46.2 Å². The van der Waals surface area contributed by atoms with Crippen molar-refractivity contribution < 1.29 is 9.59 Å². The third kappa shape index (κ3) is 4.69. The zero-order valence-electron chi connectivity index (χ0n) is 9.41. The molecule has 0 spiro atoms. The number of rotatable bonds is 5. The molecule has 2 unspecified atom stereocenters. The number of thioether (sulfide) groups is 1. The molecule has 0 aromatic carbocycles. The Labute approximate surface area is 95.4 Å². The van der Waals surface area contributed by atoms with Gasteiger partial charge < -0.3 is 5.32 Å². The van der Waals surface area contributed by atoms with Gasteiger partial charge in [0, 0.05) is 11.3 Å². The summed E-state index contributed by atoms with van der Waals surface area (Å²) in [6, 6.07) is 0.292. The van der Waals surface area contributed by atoms with Crippen molar-refractivity contribution in [3.05, 3.63) is 0 Å². The number of nitrogens with one attached hydrogen (secondary N) is 1. The summed E-state index contributed by atoms with van der Waals surface area (Å²) < 4.78 is 0. The molecule has 15 heavy (non-hydrogen) atoms. The largest absolute Gasteiger partial charge is 0.353 e. The monoisotopic (exact) mass is 229 g/mol. The molecule has 0 aromatic heterocycles. The fourth-order valence-corrected chi connectivity index (χ4v) is 3.11. The molecule has 0 bridgehead atoms. The van der Waals surface area contributed by atoms with Crippen LogP contribution in [0.3, 0.4) is 0 Å². The Balaban J connectivity index is 2.23. The second-order valence-corrected chi connectivity index (χ2v) is 5.61. The normalized spacial score (nSPS) is 25.2. The number of Topliss-reactive ketones (excluding diaryl/α,β-unsaturated/α-hetero) is 1. The van der Waals surface area contributed by atoms with E-state index in [2.05, 4.69) is 12.2 Å². The minimum Gasteiger partial charge on any atom is -0.353 e. The Hall–Kier alpha value is -0.510. The second-order valence-electron chi connectivity index (χ2n) is 4.03. The van der Waals surface area contributed by atoms with Crippen molar-refractivity contribution in [2.24, 2.45) is 0 Å². The fraction of sp³-hybridized carbons (Fsp3) is 0.818. The van der Waals surface area contributed by atoms with Gasteiger partial charge >= 0.3 is 0 Å². The van der Waals surface area contributed by atoms with Gasteiger partial charge in [-0.15, -0.1) is 0 Å². The van der Waals surface area contributed by atoms with Gasteiger partial charge in [-0.05, 0) is 31.9 Å². The van der Waals surface area contributed by atoms with E-state index >= 15 is 0 Å². The van der Waals surface area contributed by atoms with Gasteiger partial charge in [0.15, 0.2) is 0 Å². The van der Waals surface area contributed by atoms with Crippen LogP contribution in [0, 0.1) is 0 Å². The number of carbonyl (C=O) groups is 2. The van der Waals surface area contributed by atoms with Gasteiger partial charge in [-0.25, -0.2) is 0 Å². The summed E-state index contributed by atoms with van der Waals surface area (Å²) in [5, 5.41) is 3.62. The maximum Gasteiger partial charge on any atom is 0.227 e. The third-order valence-electron chi connectivity index (χ3n) is 2.56. The van der Waals surface area contributed by atoms with Crippen LogP contribution in [0.1, 0.15) is 39.5 Å². The summed E-state index contributed by atoms with van der Waals surface area (Å²) >= 11 is 1.97. The van der Waals surface area contributed by atoms with Gasteiger partial charge in [0.05, 0.1) is 6.42 Å². The van der Waals surface area contributed by atoms with Crippen LogP contribution in [0.15, 0.2) is 0 Å². The average Bonchev–Trinajstić information content (AvgIpc) is 2.51. The summed E-state index contributed by atoms with van der Waals surface area (Å²) in [5.41, 5.74) is 0. The zero-order chi connectivity index (χ0) is 11.3. The lowest BCUT2D eigenvalue weighted by molar-refractivity contribution is -0.127. The van der Waals surface area contributed by atoms with E-state index in [9.17, 15) is 9.59 Å². The number of carbonyl (C=O) groups excluding carboxylic acids is 2. The molecule has 1 fully saturated rings. The van der Waals surface area contributed by atoms with Crippen molar-refractivity contribution in [2.45, 2.75) is 50.8 Å². The SMILES string of the molecule is CCSC1CCC(NC(=O)CC(C)=O)C1. The van der Waals surface area contributed by atoms with Crippen LogP contribution in [0.2, 0.25) is 0 Å². The smallest absolute Gasteiger partial charge is 0.227 e. The summed E-state index contributed by atoms with van der Waals surface area (Å²) in [4.78, 5) is 22.1. The van der Waals surface area contributed by atoms with E-state index in [4.69, 9.17) is 0 Å². The van der Waals surface area contributed by atoms with Crippen LogP contribution < -0.4 is 5.32 Å². The van der Waals surface area contributed by atoms with Gasteiger partial charge in [-0.2, -0.15) is 11.8 Å². The van der Waals surface area contributed by atoms with Gasteiger partial charge in [0.2, 0.25) is 5.91 Å². The molecule has 1 aliphatic carbocycles. The van der Waals surface area contributed by atoms with Gasteiger partial charge in [-0.1, -0.05) is 6.92 Å². The number of hydrogen-bond acceptors (Lipinski definition) is 3. The molecular weight excluding hydrogens is 210 g/mol. The lowest BCUT2D eigenvalue weighted by Crippen LogP contribution is -2.34. The quantitative estimate of drug-likeness (QED) is 0.731. The molecule has 1 amide bonds. The van der Waals surface area contributed by atoms with Crippen molar-refractivity contribution in [1.82, 2.24) is 5.32 Å². The molecule has 0 heterocycles. The fourth-order valence-electron chi connectivity index (χ4n) is 1.96. The van der Waals surface area contributed by atoms with E-state index in [1.807, 2.05) is 11.8 Å². The summed E-state index contributed by atoms with van der Waals surface area (Å²) in [6.07, 6.45) is 3.33. The molecule has 1 saturated carbocycles. The van der Waals surface area contributed by atoms with E-state index in [0.29, 0.717) is 11.3 Å². The maximum atomic E-state index is 11.3. The molecule has 3 nitrogen and oxygen atoms in total. The maximum absolute atomic E-state index is 11.3. The lowest BCUT2D eigenvalue weighted by atomic mass is 10.2. The van der Waals surface area contributed by atoms with Gasteiger partial charge in [0.1, 0.15) is 5.78 Å². The van der Waals surface area contributed by atoms with Crippen LogP contribution in [-0.2, 0) is 9.59 Å². The van der Waals surface area contributed by atoms with Crippen LogP contribution in [0.25, 0.3) is 0 Å². The first-order valence-corrected chi connectivity index (χ1v) is 6.57. The predicted octanol–water partition coefficient (Wildman–Crippen LogP) is 1.76. The van der Waals surface area contributed by atoms with Gasteiger partial charge in [-0.3, -0.25) is 9.59 Å². The summed E-state index contributed by atoms with van der Waals surface area (Å²) in [5.74, 6) is 0.957. The first kappa shape index (κ1) is 12.6. The highest BCUT2D eigenvalue weighted by Crippen LogP contribution is 2.29. The van der Waals surface area contributed by atoms with E-state index in [-0.39, 0.29) is 18.1 Å². The number of amides is 1. The van der Waals surface area contributed by atoms with Gasteiger partial charge in [0.25, 0.3) is 0 Å². The van der Waals surface area contributed by atoms with Crippen molar-refractivity contribution in [2.75, 3.05) is 5.75 Å². The minimum atomic E-state index is -0.116. The Morgan fingerprint density at radius 1 is 1.40 bits per heavy atom. The number of ketones is 1. The van der Waals surface area contributed by atoms with Crippen LogP contribution in [0.4, 0.5) is 0 Å². The standard InChI is InChI=1S/C11H19NO2S/c1-3-15-10-5-4-9(7-10)12-11(14)6-8(2)13/h9-10H,3-7H2,1-2H3,(H,12,14). The lowest BCUT2D eigenvalue weighted by Gasteiger charge is -2.12. The molecule has 2 atom stereocenters. The molecule has 4 heteroatoms. The molecule has 1 rings (SSSR count). The Kier molecular flexibility index (Phi) is 5.15. The molecule has 1 N–H and O–H groups in total. The Morgan fingerprint density at radius 3 is 2.73 bits per heavy atom. The Bertz CT molecular complexity index is 243.